The Hall–Kier alpha value is -2.38. The molecule has 7 heteroatoms. The summed E-state index contributed by atoms with van der Waals surface area (Å²) in [4.78, 5) is 14.8. The molecule has 1 unspecified atom stereocenters. The molecule has 0 bridgehead atoms. The Kier molecular flexibility index (Phi) is 5.26. The molecule has 2 aromatic carbocycles. The summed E-state index contributed by atoms with van der Waals surface area (Å²) < 4.78 is 23.4. The number of carbonyl (C=O) groups is 1. The number of aryl methyl sites for hydroxylation is 2. The minimum Gasteiger partial charge on any atom is -0.359 e. The normalized spacial score (nSPS) is 16.7. The fourth-order valence-electron chi connectivity index (χ4n) is 3.47. The van der Waals surface area contributed by atoms with E-state index in [0.29, 0.717) is 5.69 Å². The van der Waals surface area contributed by atoms with Crippen molar-refractivity contribution in [3.8, 4) is 0 Å². The average Bonchev–Trinajstić information content (AvgIpc) is 2.60. The predicted molar refractivity (Wildman–Crippen MR) is 107 cm³/mol. The molecule has 1 atom stereocenters. The first kappa shape index (κ1) is 19.4. The molecule has 3 rings (SSSR count). The van der Waals surface area contributed by atoms with Gasteiger partial charge in [-0.1, -0.05) is 18.2 Å². The van der Waals surface area contributed by atoms with E-state index < -0.39 is 10.0 Å². The van der Waals surface area contributed by atoms with Crippen LogP contribution in [0, 0.1) is 13.8 Å². The highest BCUT2D eigenvalue weighted by Crippen LogP contribution is 2.30. The number of nitrogens with one attached hydrogen (secondary N) is 1. The molecular formula is C20H25N3O3S. The lowest BCUT2D eigenvalue weighted by molar-refractivity contribution is -0.115. The molecule has 1 heterocycles. The molecule has 1 amide bonds. The van der Waals surface area contributed by atoms with Gasteiger partial charge in [0, 0.05) is 17.4 Å². The Morgan fingerprint density at radius 2 is 1.96 bits per heavy atom. The first-order valence-corrected chi connectivity index (χ1v) is 10.5. The molecule has 0 radical (unpaired) electrons. The molecule has 2 aromatic rings. The zero-order valence-electron chi connectivity index (χ0n) is 15.8. The lowest BCUT2D eigenvalue weighted by Crippen LogP contribution is -2.42. The Morgan fingerprint density at radius 3 is 2.67 bits per heavy atom. The second-order valence-electron chi connectivity index (χ2n) is 7.15. The number of nitrogens with two attached hydrogens (primary N) is 1. The van der Waals surface area contributed by atoms with E-state index in [2.05, 4.69) is 23.2 Å². The van der Waals surface area contributed by atoms with Crippen LogP contribution in [-0.4, -0.2) is 26.9 Å². The van der Waals surface area contributed by atoms with Crippen LogP contribution in [0.15, 0.2) is 41.3 Å². The number of carbonyl (C=O) groups excluding carboxylic acids is 1. The molecular weight excluding hydrogens is 362 g/mol. The van der Waals surface area contributed by atoms with E-state index in [1.165, 1.54) is 17.7 Å². The number of nitrogens with zero attached hydrogens (tertiary/aromatic N) is 1. The third-order valence-corrected chi connectivity index (χ3v) is 6.11. The van der Waals surface area contributed by atoms with E-state index >= 15 is 0 Å². The molecule has 0 aromatic heterocycles. The van der Waals surface area contributed by atoms with Gasteiger partial charge in [-0.15, -0.1) is 0 Å². The van der Waals surface area contributed by atoms with Crippen LogP contribution in [0.2, 0.25) is 0 Å². The molecule has 0 aliphatic carbocycles. The minimum atomic E-state index is -3.84. The highest BCUT2D eigenvalue weighted by molar-refractivity contribution is 7.89. The number of hydrogen-bond donors (Lipinski definition) is 2. The lowest BCUT2D eigenvalue weighted by Gasteiger charge is -2.36. The molecule has 3 N–H and O–H groups in total. The molecule has 27 heavy (non-hydrogen) atoms. The summed E-state index contributed by atoms with van der Waals surface area (Å²) in [6.45, 7) is 5.95. The van der Waals surface area contributed by atoms with Crippen LogP contribution in [-0.2, 0) is 21.2 Å². The summed E-state index contributed by atoms with van der Waals surface area (Å²) in [5.74, 6) is -0.187. The minimum absolute atomic E-state index is 0.00224. The number of primary sulfonamides is 1. The van der Waals surface area contributed by atoms with Gasteiger partial charge in [0.1, 0.15) is 0 Å². The van der Waals surface area contributed by atoms with E-state index in [4.69, 9.17) is 5.14 Å². The first-order chi connectivity index (χ1) is 12.7. The summed E-state index contributed by atoms with van der Waals surface area (Å²) in [7, 11) is -3.84. The zero-order valence-corrected chi connectivity index (χ0v) is 16.6. The maximum absolute atomic E-state index is 12.7. The third kappa shape index (κ3) is 4.14. The fourth-order valence-corrected chi connectivity index (χ4v) is 4.09. The quantitative estimate of drug-likeness (QED) is 0.844. The summed E-state index contributed by atoms with van der Waals surface area (Å²) in [6, 6.07) is 11.3. The van der Waals surface area contributed by atoms with Crippen molar-refractivity contribution in [2.75, 3.05) is 16.8 Å². The van der Waals surface area contributed by atoms with Crippen molar-refractivity contribution < 1.29 is 13.2 Å². The predicted octanol–water partition coefficient (Wildman–Crippen LogP) is 2.73. The summed E-state index contributed by atoms with van der Waals surface area (Å²) >= 11 is 0. The van der Waals surface area contributed by atoms with Crippen LogP contribution in [0.5, 0.6) is 0 Å². The maximum atomic E-state index is 12.7. The number of fused-ring (bicyclic) bond motifs is 1. The SMILES string of the molecule is Cc1cc(S(N)(=O)=O)cc(NC(=O)CN2c3ccccc3CCC2C)c1C. The van der Waals surface area contributed by atoms with Gasteiger partial charge in [-0.05, 0) is 68.5 Å². The average molecular weight is 388 g/mol. The van der Waals surface area contributed by atoms with Crippen LogP contribution in [0.25, 0.3) is 0 Å². The number of para-hydroxylation sites is 1. The summed E-state index contributed by atoms with van der Waals surface area (Å²) in [5.41, 5.74) is 4.38. The fraction of sp³-hybridized carbons (Fsp3) is 0.350. The smallest absolute Gasteiger partial charge is 0.243 e. The monoisotopic (exact) mass is 387 g/mol. The van der Waals surface area contributed by atoms with Crippen molar-refractivity contribution in [2.45, 2.75) is 44.6 Å². The van der Waals surface area contributed by atoms with Crippen LogP contribution in [0.1, 0.15) is 30.0 Å². The van der Waals surface area contributed by atoms with Gasteiger partial charge < -0.3 is 10.2 Å². The first-order valence-electron chi connectivity index (χ1n) is 8.95. The van der Waals surface area contributed by atoms with E-state index in [1.807, 2.05) is 25.1 Å². The summed E-state index contributed by atoms with van der Waals surface area (Å²) in [5, 5.41) is 8.11. The van der Waals surface area contributed by atoms with Gasteiger partial charge >= 0.3 is 0 Å². The van der Waals surface area contributed by atoms with Gasteiger partial charge in [0.05, 0.1) is 11.4 Å². The number of sulfonamides is 1. The van der Waals surface area contributed by atoms with E-state index in [1.54, 1.807) is 6.92 Å². The number of rotatable bonds is 4. The third-order valence-electron chi connectivity index (χ3n) is 5.22. The maximum Gasteiger partial charge on any atom is 0.243 e. The van der Waals surface area contributed by atoms with Crippen molar-refractivity contribution >= 4 is 27.3 Å². The number of benzene rings is 2. The zero-order chi connectivity index (χ0) is 19.8. The second-order valence-corrected chi connectivity index (χ2v) is 8.71. The van der Waals surface area contributed by atoms with Gasteiger partial charge in [-0.2, -0.15) is 0 Å². The molecule has 0 saturated heterocycles. The van der Waals surface area contributed by atoms with E-state index in [0.717, 1.165) is 29.7 Å². The number of amides is 1. The molecule has 6 nitrogen and oxygen atoms in total. The highest BCUT2D eigenvalue weighted by atomic mass is 32.2. The van der Waals surface area contributed by atoms with Crippen LogP contribution in [0.3, 0.4) is 0 Å². The molecule has 0 spiro atoms. The lowest BCUT2D eigenvalue weighted by atomic mass is 9.96. The van der Waals surface area contributed by atoms with Gasteiger partial charge in [-0.25, -0.2) is 13.6 Å². The Labute approximate surface area is 160 Å². The van der Waals surface area contributed by atoms with Gasteiger partial charge in [-0.3, -0.25) is 4.79 Å². The molecule has 0 fully saturated rings. The van der Waals surface area contributed by atoms with Gasteiger partial charge in [0.25, 0.3) is 0 Å². The van der Waals surface area contributed by atoms with Crippen molar-refractivity contribution in [1.82, 2.24) is 0 Å². The number of hydrogen-bond acceptors (Lipinski definition) is 4. The Balaban J connectivity index is 1.84. The standard InChI is InChI=1S/C20H25N3O3S/c1-13-10-17(27(21,25)26)11-18(15(13)3)22-20(24)12-23-14(2)8-9-16-6-4-5-7-19(16)23/h4-7,10-11,14H,8-9,12H2,1-3H3,(H,22,24)(H2,21,25,26). The second kappa shape index (κ2) is 7.32. The Morgan fingerprint density at radius 1 is 1.26 bits per heavy atom. The van der Waals surface area contributed by atoms with Crippen molar-refractivity contribution in [1.29, 1.82) is 0 Å². The van der Waals surface area contributed by atoms with Gasteiger partial charge in [0.2, 0.25) is 15.9 Å². The molecule has 1 aliphatic rings. The van der Waals surface area contributed by atoms with Crippen molar-refractivity contribution in [3.63, 3.8) is 0 Å². The summed E-state index contributed by atoms with van der Waals surface area (Å²) in [6.07, 6.45) is 1.99. The number of anilines is 2. The van der Waals surface area contributed by atoms with Gasteiger partial charge in [0.15, 0.2) is 0 Å². The van der Waals surface area contributed by atoms with Crippen LogP contribution >= 0.6 is 0 Å². The van der Waals surface area contributed by atoms with Crippen molar-refractivity contribution in [3.05, 3.63) is 53.1 Å². The molecule has 144 valence electrons. The topological polar surface area (TPSA) is 92.5 Å². The van der Waals surface area contributed by atoms with Crippen LogP contribution < -0.4 is 15.4 Å². The molecule has 1 aliphatic heterocycles. The van der Waals surface area contributed by atoms with Crippen molar-refractivity contribution in [2.24, 2.45) is 5.14 Å². The Bertz CT molecular complexity index is 986. The highest BCUT2D eigenvalue weighted by Gasteiger charge is 2.25. The van der Waals surface area contributed by atoms with E-state index in [9.17, 15) is 13.2 Å². The van der Waals surface area contributed by atoms with Crippen LogP contribution in [0.4, 0.5) is 11.4 Å². The van der Waals surface area contributed by atoms with E-state index in [-0.39, 0.29) is 23.4 Å². The molecule has 0 saturated carbocycles. The largest absolute Gasteiger partial charge is 0.359 e.